The molecule has 2 aromatic heterocycles. The van der Waals surface area contributed by atoms with Gasteiger partial charge in [-0.25, -0.2) is 4.79 Å². The van der Waals surface area contributed by atoms with E-state index in [-0.39, 0.29) is 30.1 Å². The topological polar surface area (TPSA) is 75.0 Å². The molecule has 9 heteroatoms. The van der Waals surface area contributed by atoms with E-state index in [0.29, 0.717) is 19.6 Å². The van der Waals surface area contributed by atoms with Crippen molar-refractivity contribution in [1.82, 2.24) is 24.7 Å². The van der Waals surface area contributed by atoms with E-state index < -0.39 is 5.60 Å². The number of rotatable bonds is 9. The summed E-state index contributed by atoms with van der Waals surface area (Å²) >= 11 is 0. The molecular weight excluding hydrogens is 531 g/mol. The summed E-state index contributed by atoms with van der Waals surface area (Å²) in [4.78, 5) is 25.5. The van der Waals surface area contributed by atoms with Crippen molar-refractivity contribution >= 4 is 36.0 Å². The highest BCUT2D eigenvalue weighted by Crippen LogP contribution is 2.13. The van der Waals surface area contributed by atoms with Gasteiger partial charge in [-0.3, -0.25) is 9.98 Å². The van der Waals surface area contributed by atoms with Crippen molar-refractivity contribution in [1.29, 1.82) is 0 Å². The SMILES string of the molecule is CCNC(=NCCCN(Cc1cccnc1)C(=O)OC(C)(C)C)N(C)Cc1cccn1C.I. The molecule has 0 saturated carbocycles. The van der Waals surface area contributed by atoms with Crippen molar-refractivity contribution in [3.63, 3.8) is 0 Å². The second-order valence-electron chi connectivity index (χ2n) is 8.82. The Kier molecular flexibility index (Phi) is 12.2. The van der Waals surface area contributed by atoms with E-state index in [1.807, 2.05) is 59.3 Å². The van der Waals surface area contributed by atoms with Crippen molar-refractivity contribution in [2.45, 2.75) is 52.8 Å². The van der Waals surface area contributed by atoms with Crippen LogP contribution in [0.3, 0.4) is 0 Å². The number of carbonyl (C=O) groups is 1. The van der Waals surface area contributed by atoms with Gasteiger partial charge in [0.05, 0.1) is 13.1 Å². The van der Waals surface area contributed by atoms with Crippen molar-refractivity contribution < 1.29 is 9.53 Å². The van der Waals surface area contributed by atoms with Crippen LogP contribution in [0, 0.1) is 0 Å². The number of nitrogens with one attached hydrogen (secondary N) is 1. The van der Waals surface area contributed by atoms with Crippen LogP contribution in [0.15, 0.2) is 47.8 Å². The average molecular weight is 571 g/mol. The quantitative estimate of drug-likeness (QED) is 0.211. The van der Waals surface area contributed by atoms with Gasteiger partial charge in [-0.1, -0.05) is 6.07 Å². The molecule has 0 aliphatic carbocycles. The van der Waals surface area contributed by atoms with Gasteiger partial charge >= 0.3 is 6.09 Å². The van der Waals surface area contributed by atoms with Crippen LogP contribution in [0.5, 0.6) is 0 Å². The number of hydrogen-bond acceptors (Lipinski definition) is 4. The lowest BCUT2D eigenvalue weighted by Crippen LogP contribution is -2.39. The number of aromatic nitrogens is 2. The molecule has 2 heterocycles. The molecule has 0 bridgehead atoms. The number of ether oxygens (including phenoxy) is 1. The minimum absolute atomic E-state index is 0. The van der Waals surface area contributed by atoms with E-state index in [1.54, 1.807) is 17.3 Å². The monoisotopic (exact) mass is 570 g/mol. The molecule has 33 heavy (non-hydrogen) atoms. The Morgan fingerprint density at radius 3 is 2.58 bits per heavy atom. The third-order valence-corrected chi connectivity index (χ3v) is 4.74. The third-order valence-electron chi connectivity index (χ3n) is 4.74. The van der Waals surface area contributed by atoms with Gasteiger partial charge in [-0.2, -0.15) is 0 Å². The Labute approximate surface area is 215 Å². The molecule has 0 radical (unpaired) electrons. The Morgan fingerprint density at radius 1 is 1.24 bits per heavy atom. The zero-order valence-electron chi connectivity index (χ0n) is 20.7. The first-order chi connectivity index (χ1) is 15.2. The molecule has 0 fully saturated rings. The molecule has 0 aliphatic heterocycles. The third kappa shape index (κ3) is 10.4. The molecule has 0 aromatic carbocycles. The lowest BCUT2D eigenvalue weighted by Gasteiger charge is -2.27. The second-order valence-corrected chi connectivity index (χ2v) is 8.82. The van der Waals surface area contributed by atoms with Crippen LogP contribution >= 0.6 is 24.0 Å². The highest BCUT2D eigenvalue weighted by atomic mass is 127. The largest absolute Gasteiger partial charge is 0.444 e. The molecule has 0 aliphatic rings. The van der Waals surface area contributed by atoms with Crippen molar-refractivity contribution in [3.05, 3.63) is 54.1 Å². The summed E-state index contributed by atoms with van der Waals surface area (Å²) in [5.41, 5.74) is 1.64. The fourth-order valence-corrected chi connectivity index (χ4v) is 3.17. The van der Waals surface area contributed by atoms with Crippen LogP contribution in [0.1, 0.15) is 45.4 Å². The fraction of sp³-hybridized carbons (Fsp3) is 0.542. The van der Waals surface area contributed by atoms with E-state index in [0.717, 1.165) is 31.0 Å². The first kappa shape index (κ1) is 28.7. The highest BCUT2D eigenvalue weighted by molar-refractivity contribution is 14.0. The number of halogens is 1. The maximum Gasteiger partial charge on any atom is 0.410 e. The van der Waals surface area contributed by atoms with Gasteiger partial charge < -0.3 is 24.4 Å². The zero-order valence-corrected chi connectivity index (χ0v) is 23.1. The van der Waals surface area contributed by atoms with E-state index in [4.69, 9.17) is 9.73 Å². The second kappa shape index (κ2) is 14.1. The van der Waals surface area contributed by atoms with Crippen LogP contribution in [-0.2, 0) is 24.9 Å². The molecule has 0 spiro atoms. The lowest BCUT2D eigenvalue weighted by atomic mass is 10.2. The number of aryl methyl sites for hydroxylation is 1. The smallest absolute Gasteiger partial charge is 0.410 e. The maximum atomic E-state index is 12.7. The molecule has 1 N–H and O–H groups in total. The Morgan fingerprint density at radius 2 is 2.00 bits per heavy atom. The average Bonchev–Trinajstić information content (AvgIpc) is 3.13. The molecule has 0 saturated heterocycles. The number of pyridine rings is 1. The van der Waals surface area contributed by atoms with E-state index in [9.17, 15) is 4.79 Å². The Bertz CT molecular complexity index is 863. The summed E-state index contributed by atoms with van der Waals surface area (Å²) in [6, 6.07) is 7.99. The van der Waals surface area contributed by atoms with Gasteiger partial charge in [0.2, 0.25) is 0 Å². The summed E-state index contributed by atoms with van der Waals surface area (Å²) in [5.74, 6) is 0.852. The van der Waals surface area contributed by atoms with Gasteiger partial charge in [0.1, 0.15) is 5.60 Å². The van der Waals surface area contributed by atoms with Gasteiger partial charge in [0.15, 0.2) is 5.96 Å². The van der Waals surface area contributed by atoms with Crippen LogP contribution in [0.25, 0.3) is 0 Å². The van der Waals surface area contributed by atoms with Crippen LogP contribution in [0.2, 0.25) is 0 Å². The summed E-state index contributed by atoms with van der Waals surface area (Å²) < 4.78 is 7.71. The van der Waals surface area contributed by atoms with Crippen molar-refractivity contribution in [2.75, 3.05) is 26.7 Å². The molecule has 184 valence electrons. The van der Waals surface area contributed by atoms with E-state index >= 15 is 0 Å². The minimum atomic E-state index is -0.541. The fourth-order valence-electron chi connectivity index (χ4n) is 3.17. The van der Waals surface area contributed by atoms with Crippen LogP contribution in [0.4, 0.5) is 4.79 Å². The van der Waals surface area contributed by atoms with Gasteiger partial charge in [-0.05, 0) is 57.9 Å². The molecule has 1 amide bonds. The predicted octanol–water partition coefficient (Wildman–Crippen LogP) is 4.26. The molecule has 2 rings (SSSR count). The summed E-state index contributed by atoms with van der Waals surface area (Å²) in [6.45, 7) is 10.9. The van der Waals surface area contributed by atoms with Crippen molar-refractivity contribution in [3.8, 4) is 0 Å². The normalized spacial score (nSPS) is 11.5. The van der Waals surface area contributed by atoms with Crippen LogP contribution < -0.4 is 5.32 Å². The van der Waals surface area contributed by atoms with Gasteiger partial charge in [-0.15, -0.1) is 24.0 Å². The number of carbonyl (C=O) groups excluding carboxylic acids is 1. The van der Waals surface area contributed by atoms with Crippen LogP contribution in [-0.4, -0.2) is 63.7 Å². The molecule has 8 nitrogen and oxygen atoms in total. The van der Waals surface area contributed by atoms with E-state index in [1.165, 1.54) is 5.69 Å². The lowest BCUT2D eigenvalue weighted by molar-refractivity contribution is 0.0232. The Balaban J connectivity index is 0.00000544. The van der Waals surface area contributed by atoms with Crippen molar-refractivity contribution in [2.24, 2.45) is 12.0 Å². The number of hydrogen-bond donors (Lipinski definition) is 1. The van der Waals surface area contributed by atoms with Gasteiger partial charge in [0, 0.05) is 58.0 Å². The standard InChI is InChI=1S/C24H38N6O2.HI/c1-7-26-22(29(6)19-21-12-9-15-28(21)5)27-14-10-16-30(23(31)32-24(2,3)4)18-20-11-8-13-25-17-20;/h8-9,11-13,15,17H,7,10,14,16,18-19H2,1-6H3,(H,26,27);1H. The number of nitrogens with zero attached hydrogens (tertiary/aromatic N) is 5. The summed E-state index contributed by atoms with van der Waals surface area (Å²) in [6.07, 6.45) is 5.95. The first-order valence-electron chi connectivity index (χ1n) is 11.2. The summed E-state index contributed by atoms with van der Waals surface area (Å²) in [7, 11) is 4.07. The zero-order chi connectivity index (χ0) is 23.6. The van der Waals surface area contributed by atoms with E-state index in [2.05, 4.69) is 32.8 Å². The maximum absolute atomic E-state index is 12.7. The highest BCUT2D eigenvalue weighted by Gasteiger charge is 2.22. The Hall–Kier alpha value is -2.30. The van der Waals surface area contributed by atoms with Gasteiger partial charge in [0.25, 0.3) is 0 Å². The summed E-state index contributed by atoms with van der Waals surface area (Å²) in [5, 5.41) is 3.35. The first-order valence-corrected chi connectivity index (χ1v) is 11.2. The molecule has 0 unspecified atom stereocenters. The predicted molar refractivity (Wildman–Crippen MR) is 144 cm³/mol. The molecule has 2 aromatic rings. The minimum Gasteiger partial charge on any atom is -0.444 e. The number of guanidine groups is 1. The molecular formula is C24H39IN6O2. The number of aliphatic imine (C=N–C) groups is 1. The number of amides is 1. The molecule has 0 atom stereocenters.